The van der Waals surface area contributed by atoms with Crippen LogP contribution in [0, 0.1) is 5.82 Å². The second-order valence-corrected chi connectivity index (χ2v) is 5.40. The standard InChI is InChI=1S/C14H20FN3O2/c1-17(2)9-4-3-5-18(8-9)13-6-10(14(19)20)12(16)7-11(13)15/h6-7,9H,3-5,8,16H2,1-2H3,(H,19,20). The largest absolute Gasteiger partial charge is 0.478 e. The van der Waals surface area contributed by atoms with Gasteiger partial charge < -0.3 is 20.6 Å². The summed E-state index contributed by atoms with van der Waals surface area (Å²) < 4.78 is 14.1. The van der Waals surface area contributed by atoms with Gasteiger partial charge in [0.2, 0.25) is 0 Å². The van der Waals surface area contributed by atoms with Crippen LogP contribution in [0.1, 0.15) is 23.2 Å². The molecule has 1 fully saturated rings. The lowest BCUT2D eigenvalue weighted by molar-refractivity contribution is 0.0698. The zero-order chi connectivity index (χ0) is 14.9. The Morgan fingerprint density at radius 2 is 2.20 bits per heavy atom. The molecule has 0 radical (unpaired) electrons. The molecule has 1 atom stereocenters. The van der Waals surface area contributed by atoms with Crippen molar-refractivity contribution in [3.63, 3.8) is 0 Å². The molecule has 0 amide bonds. The average molecular weight is 281 g/mol. The number of nitrogens with two attached hydrogens (primary N) is 1. The van der Waals surface area contributed by atoms with Crippen LogP contribution in [-0.4, -0.2) is 49.2 Å². The molecule has 0 bridgehead atoms. The van der Waals surface area contributed by atoms with Gasteiger partial charge in [0.15, 0.2) is 0 Å². The fourth-order valence-electron chi connectivity index (χ4n) is 2.60. The molecule has 20 heavy (non-hydrogen) atoms. The first-order valence-electron chi connectivity index (χ1n) is 6.64. The highest BCUT2D eigenvalue weighted by Gasteiger charge is 2.24. The molecule has 0 saturated carbocycles. The van der Waals surface area contributed by atoms with Crippen LogP contribution in [0.25, 0.3) is 0 Å². The zero-order valence-electron chi connectivity index (χ0n) is 11.8. The predicted octanol–water partition coefficient (Wildman–Crippen LogP) is 1.64. The second-order valence-electron chi connectivity index (χ2n) is 5.40. The molecule has 1 saturated heterocycles. The van der Waals surface area contributed by atoms with E-state index >= 15 is 0 Å². The van der Waals surface area contributed by atoms with Gasteiger partial charge in [-0.3, -0.25) is 0 Å². The number of aromatic carboxylic acids is 1. The van der Waals surface area contributed by atoms with E-state index in [1.165, 1.54) is 6.07 Å². The summed E-state index contributed by atoms with van der Waals surface area (Å²) in [5.74, 6) is -1.60. The summed E-state index contributed by atoms with van der Waals surface area (Å²) >= 11 is 0. The summed E-state index contributed by atoms with van der Waals surface area (Å²) in [6.07, 6.45) is 2.01. The molecule has 1 aromatic carbocycles. The van der Waals surface area contributed by atoms with E-state index in [0.29, 0.717) is 18.3 Å². The van der Waals surface area contributed by atoms with Crippen molar-refractivity contribution in [1.29, 1.82) is 0 Å². The quantitative estimate of drug-likeness (QED) is 0.824. The van der Waals surface area contributed by atoms with E-state index in [-0.39, 0.29) is 11.3 Å². The van der Waals surface area contributed by atoms with E-state index in [2.05, 4.69) is 4.90 Å². The number of likely N-dealkylation sites (N-methyl/N-ethyl adjacent to an activating group) is 1. The number of nitrogen functional groups attached to an aromatic ring is 1. The van der Waals surface area contributed by atoms with Crippen molar-refractivity contribution in [2.24, 2.45) is 0 Å². The van der Waals surface area contributed by atoms with Gasteiger partial charge in [-0.15, -0.1) is 0 Å². The molecule has 5 nitrogen and oxygen atoms in total. The van der Waals surface area contributed by atoms with Crippen LogP contribution in [0.3, 0.4) is 0 Å². The first-order valence-corrected chi connectivity index (χ1v) is 6.64. The third-order valence-electron chi connectivity index (χ3n) is 3.82. The normalized spacial score (nSPS) is 19.4. The van der Waals surface area contributed by atoms with Gasteiger partial charge in [0, 0.05) is 24.8 Å². The molecule has 110 valence electrons. The van der Waals surface area contributed by atoms with Crippen LogP contribution in [0.4, 0.5) is 15.8 Å². The molecule has 1 aliphatic rings. The summed E-state index contributed by atoms with van der Waals surface area (Å²) in [5.41, 5.74) is 5.78. The topological polar surface area (TPSA) is 69.8 Å². The molecule has 0 aliphatic carbocycles. The van der Waals surface area contributed by atoms with Crippen molar-refractivity contribution in [2.75, 3.05) is 37.8 Å². The molecule has 0 spiro atoms. The number of piperidine rings is 1. The fraction of sp³-hybridized carbons (Fsp3) is 0.500. The Hall–Kier alpha value is -1.82. The summed E-state index contributed by atoms with van der Waals surface area (Å²) in [4.78, 5) is 15.1. The van der Waals surface area contributed by atoms with Gasteiger partial charge in [0.1, 0.15) is 5.82 Å². The van der Waals surface area contributed by atoms with E-state index in [4.69, 9.17) is 10.8 Å². The van der Waals surface area contributed by atoms with Gasteiger partial charge >= 0.3 is 5.97 Å². The van der Waals surface area contributed by atoms with Crippen molar-refractivity contribution >= 4 is 17.3 Å². The number of halogens is 1. The Kier molecular flexibility index (Phi) is 4.13. The van der Waals surface area contributed by atoms with Crippen LogP contribution >= 0.6 is 0 Å². The number of rotatable bonds is 3. The molecular weight excluding hydrogens is 261 g/mol. The molecule has 1 aromatic rings. The zero-order valence-corrected chi connectivity index (χ0v) is 11.8. The van der Waals surface area contributed by atoms with Crippen molar-refractivity contribution in [3.8, 4) is 0 Å². The van der Waals surface area contributed by atoms with Crippen molar-refractivity contribution < 1.29 is 14.3 Å². The van der Waals surface area contributed by atoms with Crippen LogP contribution in [0.15, 0.2) is 12.1 Å². The number of benzene rings is 1. The third kappa shape index (κ3) is 2.85. The van der Waals surface area contributed by atoms with Gasteiger partial charge in [-0.05, 0) is 39.1 Å². The minimum absolute atomic E-state index is 0.0417. The lowest BCUT2D eigenvalue weighted by Gasteiger charge is -2.37. The highest BCUT2D eigenvalue weighted by molar-refractivity contribution is 5.95. The molecule has 1 unspecified atom stereocenters. The van der Waals surface area contributed by atoms with Crippen LogP contribution in [-0.2, 0) is 0 Å². The Bertz CT molecular complexity index is 519. The highest BCUT2D eigenvalue weighted by Crippen LogP contribution is 2.28. The summed E-state index contributed by atoms with van der Waals surface area (Å²) in [5, 5.41) is 9.09. The number of nitrogens with zero attached hydrogens (tertiary/aromatic N) is 2. The van der Waals surface area contributed by atoms with E-state index in [9.17, 15) is 9.18 Å². The Balaban J connectivity index is 2.32. The van der Waals surface area contributed by atoms with Gasteiger partial charge in [0.25, 0.3) is 0 Å². The fourth-order valence-corrected chi connectivity index (χ4v) is 2.60. The first kappa shape index (κ1) is 14.6. The SMILES string of the molecule is CN(C)C1CCCN(c2cc(C(=O)O)c(N)cc2F)C1. The molecule has 2 rings (SSSR count). The molecule has 3 N–H and O–H groups in total. The number of anilines is 2. The van der Waals surface area contributed by atoms with Gasteiger partial charge in [-0.1, -0.05) is 0 Å². The van der Waals surface area contributed by atoms with E-state index in [0.717, 1.165) is 25.5 Å². The van der Waals surface area contributed by atoms with Crippen LogP contribution in [0.5, 0.6) is 0 Å². The monoisotopic (exact) mass is 281 g/mol. The lowest BCUT2D eigenvalue weighted by atomic mass is 10.0. The summed E-state index contributed by atoms with van der Waals surface area (Å²) in [7, 11) is 3.99. The minimum Gasteiger partial charge on any atom is -0.478 e. The number of hydrogen-bond donors (Lipinski definition) is 2. The third-order valence-corrected chi connectivity index (χ3v) is 3.82. The van der Waals surface area contributed by atoms with Crippen molar-refractivity contribution in [1.82, 2.24) is 4.90 Å². The number of hydrogen-bond acceptors (Lipinski definition) is 4. The maximum absolute atomic E-state index is 14.1. The van der Waals surface area contributed by atoms with E-state index < -0.39 is 11.8 Å². The van der Waals surface area contributed by atoms with Crippen LogP contribution in [0.2, 0.25) is 0 Å². The average Bonchev–Trinajstić information content (AvgIpc) is 2.38. The highest BCUT2D eigenvalue weighted by atomic mass is 19.1. The van der Waals surface area contributed by atoms with Crippen molar-refractivity contribution in [2.45, 2.75) is 18.9 Å². The maximum Gasteiger partial charge on any atom is 0.337 e. The Morgan fingerprint density at radius 3 is 2.80 bits per heavy atom. The van der Waals surface area contributed by atoms with Gasteiger partial charge in [-0.2, -0.15) is 0 Å². The molecule has 6 heteroatoms. The van der Waals surface area contributed by atoms with Gasteiger partial charge in [-0.25, -0.2) is 9.18 Å². The first-order chi connectivity index (χ1) is 9.40. The Labute approximate surface area is 117 Å². The van der Waals surface area contributed by atoms with Crippen LogP contribution < -0.4 is 10.6 Å². The summed E-state index contributed by atoms with van der Waals surface area (Å²) in [6, 6.07) is 2.78. The molecule has 0 aromatic heterocycles. The predicted molar refractivity (Wildman–Crippen MR) is 76.7 cm³/mol. The maximum atomic E-state index is 14.1. The lowest BCUT2D eigenvalue weighted by Crippen LogP contribution is -2.45. The number of carboxylic acid groups (broad SMARTS) is 1. The second kappa shape index (κ2) is 5.66. The molecule has 1 aliphatic heterocycles. The summed E-state index contributed by atoms with van der Waals surface area (Å²) in [6.45, 7) is 1.41. The smallest absolute Gasteiger partial charge is 0.337 e. The van der Waals surface area contributed by atoms with Gasteiger partial charge in [0.05, 0.1) is 11.3 Å². The number of carboxylic acids is 1. The van der Waals surface area contributed by atoms with Crippen molar-refractivity contribution in [3.05, 3.63) is 23.5 Å². The Morgan fingerprint density at radius 1 is 1.50 bits per heavy atom. The molecular formula is C14H20FN3O2. The molecule has 1 heterocycles. The minimum atomic E-state index is -1.13. The number of carbonyl (C=O) groups is 1. The van der Waals surface area contributed by atoms with E-state index in [1.807, 2.05) is 19.0 Å². The van der Waals surface area contributed by atoms with E-state index in [1.54, 1.807) is 0 Å².